The van der Waals surface area contributed by atoms with Crippen molar-refractivity contribution in [2.45, 2.75) is 50.0 Å². The molecule has 0 unspecified atom stereocenters. The first-order valence-electron chi connectivity index (χ1n) is 21.8. The summed E-state index contributed by atoms with van der Waals surface area (Å²) >= 11 is 0. The average molecular weight is 896 g/mol. The number of amides is 2. The number of sulfonamides is 1. The van der Waals surface area contributed by atoms with Crippen LogP contribution in [0.2, 0.25) is 0 Å². The Morgan fingerprint density at radius 1 is 0.954 bits per heavy atom. The molecular formula is C49H49N7O8S. The van der Waals surface area contributed by atoms with Gasteiger partial charge < -0.3 is 29.6 Å². The molecule has 16 heteroatoms. The van der Waals surface area contributed by atoms with Crippen LogP contribution < -0.4 is 19.7 Å². The number of aromatic amines is 1. The van der Waals surface area contributed by atoms with Gasteiger partial charge in [-0.05, 0) is 114 Å². The summed E-state index contributed by atoms with van der Waals surface area (Å²) < 4.78 is 41.2. The lowest BCUT2D eigenvalue weighted by atomic mass is 9.90. The number of nitrogens with zero attached hydrogens (tertiary/aromatic N) is 4. The first-order chi connectivity index (χ1) is 31.5. The number of pyridine rings is 1. The highest BCUT2D eigenvalue weighted by Crippen LogP contribution is 2.41. The van der Waals surface area contributed by atoms with Crippen molar-refractivity contribution in [2.24, 2.45) is 5.92 Å². The van der Waals surface area contributed by atoms with Gasteiger partial charge >= 0.3 is 0 Å². The second kappa shape index (κ2) is 18.6. The normalized spacial score (nSPS) is 16.9. The van der Waals surface area contributed by atoms with Crippen molar-refractivity contribution in [1.29, 1.82) is 0 Å². The minimum absolute atomic E-state index is 0.0759. The molecule has 2 aromatic heterocycles. The van der Waals surface area contributed by atoms with Crippen LogP contribution in [-0.4, -0.2) is 79.4 Å². The van der Waals surface area contributed by atoms with Gasteiger partial charge in [0, 0.05) is 69.7 Å². The van der Waals surface area contributed by atoms with E-state index in [1.807, 2.05) is 23.1 Å². The van der Waals surface area contributed by atoms with E-state index >= 15 is 0 Å². The second-order valence-electron chi connectivity index (χ2n) is 16.6. The zero-order valence-electron chi connectivity index (χ0n) is 35.9. The molecule has 0 radical (unpaired) electrons. The van der Waals surface area contributed by atoms with Crippen LogP contribution in [0.4, 0.5) is 17.1 Å². The Balaban J connectivity index is 0.970. The Hall–Kier alpha value is -7.04. The highest BCUT2D eigenvalue weighted by atomic mass is 32.2. The van der Waals surface area contributed by atoms with Crippen molar-refractivity contribution >= 4 is 55.5 Å². The largest absolute Gasteiger partial charge is 0.455 e. The van der Waals surface area contributed by atoms with Gasteiger partial charge in [-0.1, -0.05) is 48.5 Å². The maximum absolute atomic E-state index is 14.0. The summed E-state index contributed by atoms with van der Waals surface area (Å²) in [4.78, 5) is 48.7. The van der Waals surface area contributed by atoms with Gasteiger partial charge in [0.2, 0.25) is 5.91 Å². The van der Waals surface area contributed by atoms with Gasteiger partial charge in [-0.25, -0.2) is 18.1 Å². The Kier molecular flexibility index (Phi) is 12.4. The first-order valence-corrected chi connectivity index (χ1v) is 23.3. The van der Waals surface area contributed by atoms with Gasteiger partial charge in [-0.15, -0.1) is 0 Å². The highest BCUT2D eigenvalue weighted by Gasteiger charge is 2.30. The van der Waals surface area contributed by atoms with Crippen LogP contribution in [-0.2, 0) is 19.6 Å². The molecule has 0 saturated carbocycles. The maximum Gasteiger partial charge on any atom is 0.293 e. The molecule has 5 heterocycles. The zero-order chi connectivity index (χ0) is 45.1. The lowest BCUT2D eigenvalue weighted by Crippen LogP contribution is -2.32. The number of hydrogen-bond acceptors (Lipinski definition) is 11. The second-order valence-corrected chi connectivity index (χ2v) is 18.3. The molecule has 334 valence electrons. The minimum Gasteiger partial charge on any atom is -0.455 e. The number of carbonyl (C=O) groups excluding carboxylic acids is 2. The molecule has 0 aliphatic carbocycles. The summed E-state index contributed by atoms with van der Waals surface area (Å²) in [6.45, 7) is 5.54. The molecule has 6 aromatic rings. The number of benzene rings is 4. The van der Waals surface area contributed by atoms with Crippen LogP contribution >= 0.6 is 0 Å². The smallest absolute Gasteiger partial charge is 0.293 e. The summed E-state index contributed by atoms with van der Waals surface area (Å²) in [5.41, 5.74) is 6.72. The molecule has 65 heavy (non-hydrogen) atoms. The summed E-state index contributed by atoms with van der Waals surface area (Å²) in [5, 5.41) is 16.0. The lowest BCUT2D eigenvalue weighted by Gasteiger charge is -2.31. The first kappa shape index (κ1) is 43.2. The van der Waals surface area contributed by atoms with Crippen LogP contribution in [0.15, 0.2) is 120 Å². The molecule has 0 bridgehead atoms. The third-order valence-corrected chi connectivity index (χ3v) is 13.9. The van der Waals surface area contributed by atoms with Crippen LogP contribution in [0.25, 0.3) is 27.7 Å². The van der Waals surface area contributed by atoms with E-state index in [0.29, 0.717) is 49.8 Å². The van der Waals surface area contributed by atoms with E-state index in [9.17, 15) is 28.1 Å². The van der Waals surface area contributed by atoms with Crippen LogP contribution in [0.1, 0.15) is 66.6 Å². The van der Waals surface area contributed by atoms with Gasteiger partial charge in [-0.3, -0.25) is 19.7 Å². The van der Waals surface area contributed by atoms with Crippen LogP contribution in [0.5, 0.6) is 11.5 Å². The fourth-order valence-corrected chi connectivity index (χ4v) is 10.0. The third kappa shape index (κ3) is 9.45. The molecule has 2 saturated heterocycles. The number of hydrogen-bond donors (Lipinski definition) is 3. The molecule has 1 atom stereocenters. The van der Waals surface area contributed by atoms with Gasteiger partial charge in [0.05, 0.1) is 27.6 Å². The summed E-state index contributed by atoms with van der Waals surface area (Å²) in [6, 6.07) is 29.0. The molecule has 2 fully saturated rings. The topological polar surface area (TPSA) is 189 Å². The number of fused-ring (bicyclic) bond motifs is 1. The van der Waals surface area contributed by atoms with E-state index in [2.05, 4.69) is 67.4 Å². The standard InChI is InChI=1S/C49H49N7O8S/c1-32(57)54-23-17-35(18-24-54)41-5-2-3-6-42(41)45-7-4-22-55(45)38-11-8-34(9-12-38)36-10-14-43(47(28-36)64-39-27-37-16-21-50-48(37)52-31-39)49(58)53-65(61,62)40-13-15-44(46(29-40)56(59)60)51-30-33-19-25-63-26-20-33/h2-3,5-6,8-17,21,27-29,31,33,45,51H,4,7,18-20,22-26,30H2,1H3,(H,50,52)(H,53,58)/t45-/m1/s1. The van der Waals surface area contributed by atoms with Gasteiger partial charge in [0.25, 0.3) is 21.6 Å². The van der Waals surface area contributed by atoms with Crippen molar-refractivity contribution in [3.8, 4) is 22.6 Å². The lowest BCUT2D eigenvalue weighted by molar-refractivity contribution is -0.384. The number of anilines is 2. The predicted octanol–water partition coefficient (Wildman–Crippen LogP) is 8.86. The Labute approximate surface area is 376 Å². The van der Waals surface area contributed by atoms with Crippen molar-refractivity contribution in [2.75, 3.05) is 49.6 Å². The molecule has 9 rings (SSSR count). The van der Waals surface area contributed by atoms with Crippen LogP contribution in [0, 0.1) is 16.0 Å². The number of rotatable bonds is 13. The number of carbonyl (C=O) groups is 2. The number of nitro groups is 1. The quantitative estimate of drug-likeness (QED) is 0.0742. The van der Waals surface area contributed by atoms with Gasteiger partial charge in [0.15, 0.2) is 0 Å². The SMILES string of the molecule is CC(=O)N1CC=C(c2ccccc2[C@H]2CCCN2c2ccc(-c3ccc(C(=O)NS(=O)(=O)c4ccc(NCC5CCOCC5)c([N+](=O)[O-])c4)c(Oc4cnc5[nH]ccc5c4)c3)cc2)CC1. The molecule has 3 aliphatic heterocycles. The molecule has 2 amide bonds. The summed E-state index contributed by atoms with van der Waals surface area (Å²) in [5.74, 6) is -0.233. The summed E-state index contributed by atoms with van der Waals surface area (Å²) in [6.07, 6.45) is 9.92. The van der Waals surface area contributed by atoms with Crippen molar-refractivity contribution < 1.29 is 32.4 Å². The van der Waals surface area contributed by atoms with Gasteiger partial charge in [0.1, 0.15) is 22.8 Å². The molecule has 0 spiro atoms. The fraction of sp³-hybridized carbons (Fsp3) is 0.286. The zero-order valence-corrected chi connectivity index (χ0v) is 36.7. The molecule has 3 aliphatic rings. The number of nitro benzene ring substituents is 1. The van der Waals surface area contributed by atoms with E-state index in [0.717, 1.165) is 61.4 Å². The number of ether oxygens (including phenoxy) is 2. The number of H-pyrrole nitrogens is 1. The summed E-state index contributed by atoms with van der Waals surface area (Å²) in [7, 11) is -4.58. The number of aromatic nitrogens is 2. The van der Waals surface area contributed by atoms with E-state index in [1.54, 1.807) is 31.3 Å². The van der Waals surface area contributed by atoms with Crippen LogP contribution in [0.3, 0.4) is 0 Å². The van der Waals surface area contributed by atoms with Crippen molar-refractivity contribution in [3.05, 3.63) is 142 Å². The maximum atomic E-state index is 14.0. The van der Waals surface area contributed by atoms with Crippen molar-refractivity contribution in [1.82, 2.24) is 19.6 Å². The van der Waals surface area contributed by atoms with E-state index < -0.39 is 31.4 Å². The molecule has 3 N–H and O–H groups in total. The molecular weight excluding hydrogens is 847 g/mol. The Morgan fingerprint density at radius 2 is 1.75 bits per heavy atom. The van der Waals surface area contributed by atoms with E-state index in [-0.39, 0.29) is 34.9 Å². The molecule has 15 nitrogen and oxygen atoms in total. The Morgan fingerprint density at radius 3 is 2.52 bits per heavy atom. The van der Waals surface area contributed by atoms with Gasteiger partial charge in [-0.2, -0.15) is 0 Å². The fourth-order valence-electron chi connectivity index (χ4n) is 9.02. The van der Waals surface area contributed by atoms with E-state index in [1.165, 1.54) is 41.1 Å². The predicted molar refractivity (Wildman–Crippen MR) is 248 cm³/mol. The average Bonchev–Trinajstić information content (AvgIpc) is 4.01. The third-order valence-electron chi connectivity index (χ3n) is 12.6. The van der Waals surface area contributed by atoms with E-state index in [4.69, 9.17) is 9.47 Å². The van der Waals surface area contributed by atoms with Crippen molar-refractivity contribution in [3.63, 3.8) is 0 Å². The number of nitrogens with one attached hydrogen (secondary N) is 3. The minimum atomic E-state index is -4.58. The monoisotopic (exact) mass is 895 g/mol. The Bertz CT molecular complexity index is 2910. The molecule has 4 aromatic carbocycles. The highest BCUT2D eigenvalue weighted by molar-refractivity contribution is 7.90.